The van der Waals surface area contributed by atoms with Gasteiger partial charge in [-0.05, 0) is 31.6 Å². The molecular weight excluding hydrogens is 1230 g/mol. The second kappa shape index (κ2) is 68.2. The molecule has 6 atom stereocenters. The zero-order valence-electron chi connectivity index (χ0n) is 61.1. The molecule has 0 aromatic heterocycles. The molecule has 3 N–H and O–H groups in total. The number of rotatable bonds is 75. The van der Waals surface area contributed by atoms with Crippen molar-refractivity contribution in [3.8, 4) is 0 Å². The summed E-state index contributed by atoms with van der Waals surface area (Å²) >= 11 is 0. The van der Waals surface area contributed by atoms with E-state index in [2.05, 4.69) is 34.6 Å². The Bertz CT molecular complexity index is 1810. The lowest BCUT2D eigenvalue weighted by Gasteiger charge is -2.21. The number of phosphoric acid groups is 2. The van der Waals surface area contributed by atoms with Crippen LogP contribution in [-0.2, 0) is 65.4 Å². The van der Waals surface area contributed by atoms with Crippen LogP contribution in [0.2, 0.25) is 0 Å². The zero-order valence-corrected chi connectivity index (χ0v) is 62.9. The van der Waals surface area contributed by atoms with Crippen molar-refractivity contribution in [2.45, 2.75) is 412 Å². The summed E-state index contributed by atoms with van der Waals surface area (Å²) in [5.74, 6) is -1.40. The Morgan fingerprint density at radius 2 is 0.511 bits per heavy atom. The van der Waals surface area contributed by atoms with Crippen LogP contribution in [0.25, 0.3) is 0 Å². The van der Waals surface area contributed by atoms with Gasteiger partial charge in [-0.25, -0.2) is 9.13 Å². The minimum Gasteiger partial charge on any atom is -0.462 e. The van der Waals surface area contributed by atoms with E-state index in [1.807, 2.05) is 0 Å². The zero-order chi connectivity index (χ0) is 69.1. The molecule has 0 saturated carbocycles. The molecule has 0 aliphatic rings. The molecule has 0 amide bonds. The Balaban J connectivity index is 5.16. The summed E-state index contributed by atoms with van der Waals surface area (Å²) in [6.45, 7) is 7.22. The third-order valence-electron chi connectivity index (χ3n) is 17.9. The fourth-order valence-corrected chi connectivity index (χ4v) is 13.1. The highest BCUT2D eigenvalue weighted by atomic mass is 31.2. The lowest BCUT2D eigenvalue weighted by Crippen LogP contribution is -2.30. The van der Waals surface area contributed by atoms with Crippen molar-refractivity contribution in [1.82, 2.24) is 0 Å². The number of phosphoric ester groups is 2. The van der Waals surface area contributed by atoms with Crippen molar-refractivity contribution in [3.05, 3.63) is 0 Å². The molecule has 0 aliphatic heterocycles. The maximum absolute atomic E-state index is 13.1. The Morgan fingerprint density at radius 3 is 0.755 bits per heavy atom. The average Bonchev–Trinajstić information content (AvgIpc) is 1.35. The molecule has 94 heavy (non-hydrogen) atoms. The lowest BCUT2D eigenvalue weighted by atomic mass is 10.00. The Kier molecular flexibility index (Phi) is 66.8. The molecule has 558 valence electrons. The van der Waals surface area contributed by atoms with E-state index in [1.54, 1.807) is 0 Å². The third kappa shape index (κ3) is 67.3. The average molecular weight is 1380 g/mol. The highest BCUT2D eigenvalue weighted by molar-refractivity contribution is 7.47. The van der Waals surface area contributed by atoms with Gasteiger partial charge < -0.3 is 33.8 Å². The minimum atomic E-state index is -4.95. The second-order valence-corrected chi connectivity index (χ2v) is 30.2. The van der Waals surface area contributed by atoms with Crippen LogP contribution >= 0.6 is 15.6 Å². The van der Waals surface area contributed by atoms with Gasteiger partial charge in [-0.2, -0.15) is 0 Å². The quantitative estimate of drug-likeness (QED) is 0.0222. The van der Waals surface area contributed by atoms with Crippen LogP contribution in [0.15, 0.2) is 0 Å². The van der Waals surface area contributed by atoms with Gasteiger partial charge in [0.25, 0.3) is 0 Å². The first-order chi connectivity index (χ1) is 45.6. The van der Waals surface area contributed by atoms with E-state index in [-0.39, 0.29) is 25.7 Å². The Labute approximate surface area is 575 Å². The van der Waals surface area contributed by atoms with Crippen LogP contribution in [0.3, 0.4) is 0 Å². The predicted molar refractivity (Wildman–Crippen MR) is 382 cm³/mol. The summed E-state index contributed by atoms with van der Waals surface area (Å²) in [5.41, 5.74) is 0. The second-order valence-electron chi connectivity index (χ2n) is 27.3. The van der Waals surface area contributed by atoms with Crippen molar-refractivity contribution in [2.75, 3.05) is 39.6 Å². The van der Waals surface area contributed by atoms with Crippen molar-refractivity contribution >= 4 is 39.5 Å². The van der Waals surface area contributed by atoms with Gasteiger partial charge in [0, 0.05) is 25.7 Å². The van der Waals surface area contributed by atoms with E-state index in [4.69, 9.17) is 37.0 Å². The Hall–Kier alpha value is -1.94. The maximum atomic E-state index is 13.1. The number of unbranched alkanes of at least 4 members (excludes halogenated alkanes) is 46. The van der Waals surface area contributed by atoms with E-state index in [0.29, 0.717) is 25.7 Å². The summed E-state index contributed by atoms with van der Waals surface area (Å²) in [6, 6.07) is 0. The van der Waals surface area contributed by atoms with E-state index in [0.717, 1.165) is 95.8 Å². The van der Waals surface area contributed by atoms with E-state index >= 15 is 0 Å². The Morgan fingerprint density at radius 1 is 0.298 bits per heavy atom. The molecule has 0 saturated heterocycles. The van der Waals surface area contributed by atoms with Gasteiger partial charge in [-0.15, -0.1) is 0 Å². The molecule has 17 nitrogen and oxygen atoms in total. The largest absolute Gasteiger partial charge is 0.472 e. The standard InChI is InChI=1S/C75H146O17P2/c1-6-10-13-16-19-22-25-27-28-29-30-31-32-33-34-35-36-38-41-44-50-55-60-74(79)91-70(64-85-73(78)59-54-49-43-40-37-26-23-20-17-14-11-7-2)66-89-93(81,82)87-62-69(76)63-88-94(83,84)90-67-71(92-75(80)61-56-51-46-45-47-52-57-68(5)9-4)65-86-72(77)58-53-48-42-39-24-21-18-15-12-8-3/h68-71,76H,6-67H2,1-5H3,(H,81,82)(H,83,84)/t68?,69-,70-,71-/m1/s1. The molecule has 0 heterocycles. The van der Waals surface area contributed by atoms with Crippen LogP contribution in [-0.4, -0.2) is 96.7 Å². The van der Waals surface area contributed by atoms with Crippen LogP contribution < -0.4 is 0 Å². The van der Waals surface area contributed by atoms with Gasteiger partial charge in [0.2, 0.25) is 0 Å². The molecular formula is C75H146O17P2. The predicted octanol–water partition coefficient (Wildman–Crippen LogP) is 22.1. The molecule has 0 radical (unpaired) electrons. The SMILES string of the molecule is CCCCCCCCCCCCCCCCCCCCCCCCC(=O)O[C@H](COC(=O)CCCCCCCCCCCCCC)COP(=O)(O)OC[C@@H](O)COP(=O)(O)OC[C@@H](COC(=O)CCCCCCCCCCCC)OC(=O)CCCCCCCCC(C)CC. The molecule has 0 fully saturated rings. The summed E-state index contributed by atoms with van der Waals surface area (Å²) in [5, 5.41) is 10.6. The molecule has 0 rings (SSSR count). The van der Waals surface area contributed by atoms with Gasteiger partial charge in [-0.1, -0.05) is 343 Å². The van der Waals surface area contributed by atoms with Crippen LogP contribution in [0.4, 0.5) is 0 Å². The summed E-state index contributed by atoms with van der Waals surface area (Å²) < 4.78 is 68.4. The van der Waals surface area contributed by atoms with Crippen LogP contribution in [0, 0.1) is 5.92 Å². The number of aliphatic hydroxyl groups is 1. The fourth-order valence-electron chi connectivity index (χ4n) is 11.5. The van der Waals surface area contributed by atoms with Gasteiger partial charge in [-0.3, -0.25) is 37.3 Å². The van der Waals surface area contributed by atoms with Crippen molar-refractivity contribution in [2.24, 2.45) is 5.92 Å². The van der Waals surface area contributed by atoms with Crippen molar-refractivity contribution in [3.63, 3.8) is 0 Å². The van der Waals surface area contributed by atoms with Gasteiger partial charge in [0.05, 0.1) is 26.4 Å². The summed E-state index contributed by atoms with van der Waals surface area (Å²) in [4.78, 5) is 72.6. The molecule has 0 aromatic carbocycles. The minimum absolute atomic E-state index is 0.104. The van der Waals surface area contributed by atoms with Gasteiger partial charge in [0.1, 0.15) is 19.3 Å². The molecule has 0 bridgehead atoms. The molecule has 0 aliphatic carbocycles. The first kappa shape index (κ1) is 92.1. The first-order valence-corrected chi connectivity index (χ1v) is 42.2. The smallest absolute Gasteiger partial charge is 0.462 e. The molecule has 19 heteroatoms. The lowest BCUT2D eigenvalue weighted by molar-refractivity contribution is -0.161. The summed E-state index contributed by atoms with van der Waals surface area (Å²) in [6.07, 6.45) is 57.1. The number of esters is 4. The topological polar surface area (TPSA) is 237 Å². The number of carbonyl (C=O) groups excluding carboxylic acids is 4. The molecule has 0 aromatic rings. The number of hydrogen-bond donors (Lipinski definition) is 3. The number of aliphatic hydroxyl groups excluding tert-OH is 1. The third-order valence-corrected chi connectivity index (χ3v) is 19.8. The van der Waals surface area contributed by atoms with E-state index in [1.165, 1.54) is 218 Å². The van der Waals surface area contributed by atoms with E-state index in [9.17, 15) is 43.2 Å². The van der Waals surface area contributed by atoms with Gasteiger partial charge >= 0.3 is 39.5 Å². The number of hydrogen-bond acceptors (Lipinski definition) is 15. The highest BCUT2D eigenvalue weighted by Gasteiger charge is 2.30. The molecule has 0 spiro atoms. The van der Waals surface area contributed by atoms with Crippen molar-refractivity contribution < 1.29 is 80.2 Å². The van der Waals surface area contributed by atoms with Crippen LogP contribution in [0.5, 0.6) is 0 Å². The first-order valence-electron chi connectivity index (χ1n) is 39.2. The number of ether oxygens (including phenoxy) is 4. The fraction of sp³-hybridized carbons (Fsp3) is 0.947. The molecule has 3 unspecified atom stereocenters. The normalized spacial score (nSPS) is 14.3. The maximum Gasteiger partial charge on any atom is 0.472 e. The summed E-state index contributed by atoms with van der Waals surface area (Å²) in [7, 11) is -9.90. The van der Waals surface area contributed by atoms with Gasteiger partial charge in [0.15, 0.2) is 12.2 Å². The van der Waals surface area contributed by atoms with E-state index < -0.39 is 97.5 Å². The highest BCUT2D eigenvalue weighted by Crippen LogP contribution is 2.45. The number of carbonyl (C=O) groups is 4. The van der Waals surface area contributed by atoms with Crippen molar-refractivity contribution in [1.29, 1.82) is 0 Å². The monoisotopic (exact) mass is 1380 g/mol. The van der Waals surface area contributed by atoms with Crippen LogP contribution in [0.1, 0.15) is 394 Å².